The molecule has 25 heavy (non-hydrogen) atoms. The second-order valence-corrected chi connectivity index (χ2v) is 4.83. The zero-order chi connectivity index (χ0) is 18.4. The lowest BCUT2D eigenvalue weighted by Crippen LogP contribution is -2.15. The molecule has 0 saturated heterocycles. The summed E-state index contributed by atoms with van der Waals surface area (Å²) in [6, 6.07) is 6.21. The third kappa shape index (κ3) is 4.50. The monoisotopic (exact) mass is 346 g/mol. The minimum absolute atomic E-state index is 0.0754. The molecule has 1 aromatic heterocycles. The first-order valence-corrected chi connectivity index (χ1v) is 7.22. The molecule has 9 nitrogen and oxygen atoms in total. The molecule has 1 N–H and O–H groups in total. The highest BCUT2D eigenvalue weighted by Crippen LogP contribution is 2.19. The van der Waals surface area contributed by atoms with Crippen molar-refractivity contribution in [1.29, 1.82) is 0 Å². The number of hydrogen-bond acceptors (Lipinski definition) is 7. The number of esters is 2. The van der Waals surface area contributed by atoms with Gasteiger partial charge >= 0.3 is 11.9 Å². The van der Waals surface area contributed by atoms with Crippen LogP contribution >= 0.6 is 0 Å². The van der Waals surface area contributed by atoms with E-state index in [0.717, 1.165) is 18.2 Å². The molecular weight excluding hydrogens is 332 g/mol. The number of nitrogens with one attached hydrogen (secondary N) is 1. The molecule has 0 amide bonds. The number of H-pyrrole nitrogens is 1. The maximum absolute atomic E-state index is 12.1. The number of aromatic amines is 1. The molecule has 0 fully saturated rings. The molecule has 0 unspecified atom stereocenters. The van der Waals surface area contributed by atoms with Gasteiger partial charge in [0.1, 0.15) is 0 Å². The molecule has 0 radical (unpaired) electrons. The molecule has 0 bridgehead atoms. The molecule has 2 rings (SSSR count). The number of nitro benzene ring substituents is 1. The van der Waals surface area contributed by atoms with E-state index in [0.29, 0.717) is 0 Å². The van der Waals surface area contributed by atoms with Gasteiger partial charge in [0.25, 0.3) is 5.69 Å². The Morgan fingerprint density at radius 2 is 1.76 bits per heavy atom. The van der Waals surface area contributed by atoms with Crippen LogP contribution in [0.15, 0.2) is 36.5 Å². The quantitative estimate of drug-likeness (QED) is 0.352. The second kappa shape index (κ2) is 7.86. The molecule has 1 heterocycles. The Bertz CT molecular complexity index is 812. The number of rotatable bonds is 7. The van der Waals surface area contributed by atoms with E-state index in [1.54, 1.807) is 19.2 Å². The van der Waals surface area contributed by atoms with Crippen LogP contribution in [0.25, 0.3) is 0 Å². The maximum atomic E-state index is 12.1. The molecule has 0 aliphatic heterocycles. The first-order valence-electron chi connectivity index (χ1n) is 7.22. The topological polar surface area (TPSA) is 129 Å². The number of Topliss-reactive ketones (excluding diaryl/α,β-unsaturated/α-hetero) is 1. The molecule has 2 aromatic rings. The van der Waals surface area contributed by atoms with Crippen molar-refractivity contribution in [2.24, 2.45) is 0 Å². The summed E-state index contributed by atoms with van der Waals surface area (Å²) in [5.41, 5.74) is -0.581. The molecule has 0 atom stereocenters. The van der Waals surface area contributed by atoms with Crippen molar-refractivity contribution >= 4 is 23.4 Å². The number of ketones is 1. The first-order chi connectivity index (χ1) is 11.9. The average Bonchev–Trinajstić information content (AvgIpc) is 3.13. The average molecular weight is 346 g/mol. The van der Waals surface area contributed by atoms with Crippen LogP contribution in [0.1, 0.15) is 38.1 Å². The fourth-order valence-electron chi connectivity index (χ4n) is 1.96. The minimum atomic E-state index is -0.964. The maximum Gasteiger partial charge on any atom is 0.338 e. The largest absolute Gasteiger partial charge is 0.462 e. The van der Waals surface area contributed by atoms with E-state index in [1.807, 2.05) is 0 Å². The van der Waals surface area contributed by atoms with Gasteiger partial charge in [-0.1, -0.05) is 0 Å². The number of nitro groups is 1. The molecule has 0 spiro atoms. The zero-order valence-electron chi connectivity index (χ0n) is 13.2. The first kappa shape index (κ1) is 17.9. The van der Waals surface area contributed by atoms with Gasteiger partial charge in [0.2, 0.25) is 5.78 Å². The summed E-state index contributed by atoms with van der Waals surface area (Å²) < 4.78 is 9.63. The van der Waals surface area contributed by atoms with Crippen molar-refractivity contribution in [2.75, 3.05) is 13.2 Å². The highest BCUT2D eigenvalue weighted by Gasteiger charge is 2.20. The number of carbonyl (C=O) groups excluding carboxylic acids is 3. The van der Waals surface area contributed by atoms with Crippen molar-refractivity contribution in [3.63, 3.8) is 0 Å². The van der Waals surface area contributed by atoms with Crippen molar-refractivity contribution in [1.82, 2.24) is 4.98 Å². The van der Waals surface area contributed by atoms with Crippen LogP contribution in [-0.2, 0) is 9.47 Å². The number of carbonyl (C=O) groups is 3. The number of hydrogen-bond donors (Lipinski definition) is 1. The molecule has 130 valence electrons. The molecule has 0 aliphatic carbocycles. The summed E-state index contributed by atoms with van der Waals surface area (Å²) in [5, 5.41) is 11.0. The highest BCUT2D eigenvalue weighted by atomic mass is 16.6. The zero-order valence-corrected chi connectivity index (χ0v) is 13.2. The fraction of sp³-hybridized carbons (Fsp3) is 0.188. The molecule has 0 saturated carbocycles. The van der Waals surface area contributed by atoms with Crippen molar-refractivity contribution in [3.8, 4) is 0 Å². The van der Waals surface area contributed by atoms with Crippen LogP contribution in [0.2, 0.25) is 0 Å². The number of nitrogens with zero attached hydrogens (tertiary/aromatic N) is 1. The van der Waals surface area contributed by atoms with Crippen molar-refractivity contribution in [3.05, 3.63) is 63.5 Å². The van der Waals surface area contributed by atoms with Crippen molar-refractivity contribution in [2.45, 2.75) is 6.92 Å². The smallest absolute Gasteiger partial charge is 0.338 e. The molecule has 1 aromatic carbocycles. The number of ether oxygens (including phenoxy) is 2. The molecule has 9 heteroatoms. The Balaban J connectivity index is 2.18. The van der Waals surface area contributed by atoms with Crippen LogP contribution in [0.3, 0.4) is 0 Å². The Morgan fingerprint density at radius 1 is 1.12 bits per heavy atom. The van der Waals surface area contributed by atoms with E-state index >= 15 is 0 Å². The van der Waals surface area contributed by atoms with Gasteiger partial charge < -0.3 is 14.5 Å². The Kier molecular flexibility index (Phi) is 5.62. The summed E-state index contributed by atoms with van der Waals surface area (Å²) in [7, 11) is 0. The Morgan fingerprint density at radius 3 is 2.28 bits per heavy atom. The van der Waals surface area contributed by atoms with Crippen molar-refractivity contribution < 1.29 is 28.8 Å². The van der Waals surface area contributed by atoms with E-state index in [1.165, 1.54) is 6.07 Å². The Labute approximate surface area is 141 Å². The van der Waals surface area contributed by atoms with Gasteiger partial charge in [0, 0.05) is 18.3 Å². The third-order valence-corrected chi connectivity index (χ3v) is 3.11. The lowest BCUT2D eigenvalue weighted by atomic mass is 10.1. The number of aromatic nitrogens is 1. The van der Waals surface area contributed by atoms with Gasteiger partial charge in [-0.2, -0.15) is 0 Å². The fourth-order valence-corrected chi connectivity index (χ4v) is 1.96. The van der Waals surface area contributed by atoms with Gasteiger partial charge in [-0.25, -0.2) is 9.59 Å². The van der Waals surface area contributed by atoms with Gasteiger partial charge in [-0.15, -0.1) is 0 Å². The van der Waals surface area contributed by atoms with Crippen LogP contribution in [0, 0.1) is 10.1 Å². The van der Waals surface area contributed by atoms with Crippen LogP contribution in [0.4, 0.5) is 5.69 Å². The highest BCUT2D eigenvalue weighted by molar-refractivity contribution is 5.99. The predicted octanol–water partition coefficient (Wildman–Crippen LogP) is 2.14. The van der Waals surface area contributed by atoms with Gasteiger partial charge in [-0.3, -0.25) is 14.9 Å². The van der Waals surface area contributed by atoms with E-state index in [2.05, 4.69) is 4.98 Å². The van der Waals surface area contributed by atoms with Gasteiger partial charge in [-0.05, 0) is 25.1 Å². The van der Waals surface area contributed by atoms with E-state index in [-0.39, 0.29) is 23.4 Å². The third-order valence-electron chi connectivity index (χ3n) is 3.11. The van der Waals surface area contributed by atoms with Gasteiger partial charge in [0.15, 0.2) is 6.61 Å². The summed E-state index contributed by atoms with van der Waals surface area (Å²) in [5.74, 6) is -2.23. The van der Waals surface area contributed by atoms with E-state index < -0.39 is 34.9 Å². The second-order valence-electron chi connectivity index (χ2n) is 4.83. The number of non-ortho nitro benzene ring substituents is 1. The summed E-state index contributed by atoms with van der Waals surface area (Å²) in [4.78, 5) is 48.5. The van der Waals surface area contributed by atoms with Crippen LogP contribution in [-0.4, -0.2) is 40.8 Å². The summed E-state index contributed by atoms with van der Waals surface area (Å²) >= 11 is 0. The normalized spacial score (nSPS) is 10.1. The SMILES string of the molecule is CCOC(=O)c1cc(C(=O)OCC(=O)c2ccc[nH]2)cc([N+](=O)[O-])c1. The van der Waals surface area contributed by atoms with Crippen LogP contribution < -0.4 is 0 Å². The Hall–Kier alpha value is -3.49. The van der Waals surface area contributed by atoms with E-state index in [9.17, 15) is 24.5 Å². The standard InChI is InChI=1S/C16H14N2O7/c1-2-24-15(20)10-6-11(8-12(7-10)18(22)23)16(21)25-9-14(19)13-4-3-5-17-13/h3-8,17H,2,9H2,1H3. The predicted molar refractivity (Wildman–Crippen MR) is 84.5 cm³/mol. The van der Waals surface area contributed by atoms with E-state index in [4.69, 9.17) is 9.47 Å². The lowest BCUT2D eigenvalue weighted by molar-refractivity contribution is -0.384. The van der Waals surface area contributed by atoms with Crippen LogP contribution in [0.5, 0.6) is 0 Å². The lowest BCUT2D eigenvalue weighted by Gasteiger charge is -2.06. The summed E-state index contributed by atoms with van der Waals surface area (Å²) in [6.07, 6.45) is 1.54. The van der Waals surface area contributed by atoms with Gasteiger partial charge in [0.05, 0.1) is 28.4 Å². The molecular formula is C16H14N2O7. The number of benzene rings is 1. The molecule has 0 aliphatic rings. The minimum Gasteiger partial charge on any atom is -0.462 e. The summed E-state index contributed by atoms with van der Waals surface area (Å²) in [6.45, 7) is 1.11.